The molecule has 35 heavy (non-hydrogen) atoms. The Labute approximate surface area is 206 Å². The van der Waals surface area contributed by atoms with Crippen molar-refractivity contribution in [1.82, 2.24) is 9.97 Å². The number of hydrogen-bond acceptors (Lipinski definition) is 3. The highest BCUT2D eigenvalue weighted by atomic mass is 79.9. The van der Waals surface area contributed by atoms with Gasteiger partial charge in [-0.15, -0.1) is 0 Å². The van der Waals surface area contributed by atoms with Gasteiger partial charge in [0.15, 0.2) is 0 Å². The first-order valence-electron chi connectivity index (χ1n) is 11.0. The van der Waals surface area contributed by atoms with Crippen molar-refractivity contribution >= 4 is 15.9 Å². The molecule has 1 aromatic rings. The first-order chi connectivity index (χ1) is 16.5. The van der Waals surface area contributed by atoms with Crippen LogP contribution in [0, 0.1) is 0 Å². The van der Waals surface area contributed by atoms with Gasteiger partial charge in [0.25, 0.3) is 0 Å². The number of nitrogens with zero attached hydrogens (tertiary/aromatic N) is 1. The average Bonchev–Trinajstić information content (AvgIpc) is 3.14. The molecule has 1 atom stereocenters. The molecule has 190 valence electrons. The molecule has 0 radical (unpaired) electrons. The van der Waals surface area contributed by atoms with Crippen molar-refractivity contribution in [2.45, 2.75) is 56.0 Å². The maximum absolute atomic E-state index is 14.5. The summed E-state index contributed by atoms with van der Waals surface area (Å²) in [4.78, 5) is 7.51. The monoisotopic (exact) mass is 564 g/mol. The van der Waals surface area contributed by atoms with E-state index in [9.17, 15) is 26.3 Å². The van der Waals surface area contributed by atoms with Gasteiger partial charge in [0.1, 0.15) is 34.4 Å². The van der Waals surface area contributed by atoms with Crippen LogP contribution in [0.15, 0.2) is 63.5 Å². The maximum atomic E-state index is 14.5. The molecular weight excluding hydrogens is 542 g/mol. The predicted molar refractivity (Wildman–Crippen MR) is 120 cm³/mol. The fraction of sp³-hybridized carbons (Fsp3) is 0.458. The van der Waals surface area contributed by atoms with Crippen LogP contribution in [0.25, 0.3) is 0 Å². The first-order valence-corrected chi connectivity index (χ1v) is 11.8. The van der Waals surface area contributed by atoms with Gasteiger partial charge in [0.05, 0.1) is 24.3 Å². The van der Waals surface area contributed by atoms with E-state index in [-0.39, 0.29) is 49.7 Å². The Balaban J connectivity index is 1.45. The number of aromatic nitrogens is 2. The van der Waals surface area contributed by atoms with Crippen molar-refractivity contribution in [2.75, 3.05) is 13.7 Å². The molecule has 1 N–H and O–H groups in total. The lowest BCUT2D eigenvalue weighted by atomic mass is 9.81. The van der Waals surface area contributed by atoms with Crippen molar-refractivity contribution in [3.8, 4) is 0 Å². The summed E-state index contributed by atoms with van der Waals surface area (Å²) in [5.41, 5.74) is -0.239. The lowest BCUT2D eigenvalue weighted by molar-refractivity contribution is -0.0891. The molecule has 3 aliphatic carbocycles. The number of methoxy groups -OCH3 is 1. The van der Waals surface area contributed by atoms with Gasteiger partial charge in [-0.25, -0.2) is 18.2 Å². The molecule has 0 aromatic carbocycles. The number of hydrogen-bond donors (Lipinski definition) is 1. The summed E-state index contributed by atoms with van der Waals surface area (Å²) in [5.74, 6) is -2.82. The van der Waals surface area contributed by atoms with E-state index in [2.05, 4.69) is 25.9 Å². The van der Waals surface area contributed by atoms with Crippen LogP contribution >= 0.6 is 15.9 Å². The number of ether oxygens (including phenoxy) is 2. The second-order valence-corrected chi connectivity index (χ2v) is 9.46. The first kappa shape index (κ1) is 25.7. The molecule has 0 aliphatic heterocycles. The fourth-order valence-electron chi connectivity index (χ4n) is 4.24. The third-order valence-corrected chi connectivity index (χ3v) is 6.82. The highest BCUT2D eigenvalue weighted by molar-refractivity contribution is 9.10. The summed E-state index contributed by atoms with van der Waals surface area (Å²) in [5, 5.41) is 0. The van der Waals surface area contributed by atoms with Gasteiger partial charge in [-0.05, 0) is 47.3 Å². The number of rotatable bonds is 6. The molecule has 4 rings (SSSR count). The number of H-pyrrole nitrogens is 1. The van der Waals surface area contributed by atoms with E-state index in [1.807, 2.05) is 0 Å². The maximum Gasteiger partial charge on any atom is 0.416 e. The van der Waals surface area contributed by atoms with E-state index in [1.165, 1.54) is 13.2 Å². The lowest BCUT2D eigenvalue weighted by Crippen LogP contribution is -2.34. The standard InChI is InChI=1S/C24H23BrF6N2O2/c1-34-19-9-16(35-12-13-4-2-3-5-15(8-18(13)26)24(29,30)31)6-7-17(19)20-21(25)33-22(32-20)14-10-23(27,28)11-14/h3,5-6,8-9,14,17H,2,4,7,10-12H2,1H3,(H,32,33)/b5-3-,15-8+,18-13-. The summed E-state index contributed by atoms with van der Waals surface area (Å²) >= 11 is 3.39. The van der Waals surface area contributed by atoms with Gasteiger partial charge in [-0.3, -0.25) is 0 Å². The van der Waals surface area contributed by atoms with E-state index in [4.69, 9.17) is 9.47 Å². The summed E-state index contributed by atoms with van der Waals surface area (Å²) in [6, 6.07) is 0. The van der Waals surface area contributed by atoms with Crippen LogP contribution in [0.4, 0.5) is 26.3 Å². The van der Waals surface area contributed by atoms with Crippen molar-refractivity contribution in [2.24, 2.45) is 0 Å². The summed E-state index contributed by atoms with van der Waals surface area (Å²) in [6.45, 7) is -0.209. The van der Waals surface area contributed by atoms with Crippen molar-refractivity contribution in [1.29, 1.82) is 0 Å². The zero-order valence-corrected chi connectivity index (χ0v) is 20.3. The largest absolute Gasteiger partial charge is 0.500 e. The molecule has 0 saturated heterocycles. The van der Waals surface area contributed by atoms with Gasteiger partial charge >= 0.3 is 6.18 Å². The molecule has 1 unspecified atom stereocenters. The number of allylic oxidation sites excluding steroid dienone is 8. The molecule has 11 heteroatoms. The Hall–Kier alpha value is -2.43. The second-order valence-electron chi connectivity index (χ2n) is 8.71. The number of nitrogens with one attached hydrogen (secondary N) is 1. The number of halogens is 7. The van der Waals surface area contributed by atoms with Gasteiger partial charge in [0.2, 0.25) is 5.92 Å². The minimum Gasteiger partial charge on any atom is -0.500 e. The molecule has 4 nitrogen and oxygen atoms in total. The SMILES string of the molecule is COC1=CC(OC/C2=C(F)/C=C(C(F)(F)F)\C=C/CC2)=CCC1c1[nH]c(C2CC(F)(F)C2)nc1Br. The molecule has 0 spiro atoms. The second kappa shape index (κ2) is 9.91. The fourth-order valence-corrected chi connectivity index (χ4v) is 4.80. The van der Waals surface area contributed by atoms with Crippen molar-refractivity contribution in [3.05, 3.63) is 75.0 Å². The predicted octanol–water partition coefficient (Wildman–Crippen LogP) is 7.67. The minimum absolute atomic E-state index is 0.129. The Kier molecular flexibility index (Phi) is 7.26. The van der Waals surface area contributed by atoms with E-state index in [0.717, 1.165) is 6.08 Å². The summed E-state index contributed by atoms with van der Waals surface area (Å²) in [6.07, 6.45) is 1.88. The van der Waals surface area contributed by atoms with Crippen LogP contribution in [0.2, 0.25) is 0 Å². The zero-order valence-electron chi connectivity index (χ0n) is 18.7. The topological polar surface area (TPSA) is 47.1 Å². The molecule has 0 amide bonds. The van der Waals surface area contributed by atoms with Gasteiger partial charge in [-0.2, -0.15) is 13.2 Å². The lowest BCUT2D eigenvalue weighted by Gasteiger charge is -2.33. The van der Waals surface area contributed by atoms with Crippen molar-refractivity contribution in [3.63, 3.8) is 0 Å². The van der Waals surface area contributed by atoms with Gasteiger partial charge in [-0.1, -0.05) is 12.2 Å². The Morgan fingerprint density at radius 3 is 2.63 bits per heavy atom. The third-order valence-electron chi connectivity index (χ3n) is 6.22. The molecular formula is C24H23BrF6N2O2. The normalized spacial score (nSPS) is 27.5. The number of aromatic amines is 1. The van der Waals surface area contributed by atoms with E-state index >= 15 is 0 Å². The zero-order chi connectivity index (χ0) is 25.4. The average molecular weight is 565 g/mol. The molecule has 1 fully saturated rings. The van der Waals surface area contributed by atoms with Crippen LogP contribution in [-0.4, -0.2) is 35.8 Å². The van der Waals surface area contributed by atoms with Crippen LogP contribution in [0.3, 0.4) is 0 Å². The quantitative estimate of drug-likeness (QED) is 0.361. The van der Waals surface area contributed by atoms with E-state index in [0.29, 0.717) is 40.1 Å². The van der Waals surface area contributed by atoms with E-state index in [1.54, 1.807) is 12.2 Å². The van der Waals surface area contributed by atoms with Gasteiger partial charge in [0, 0.05) is 30.4 Å². The van der Waals surface area contributed by atoms with Gasteiger partial charge < -0.3 is 14.5 Å². The summed E-state index contributed by atoms with van der Waals surface area (Å²) < 4.78 is 91.8. The highest BCUT2D eigenvalue weighted by Crippen LogP contribution is 2.48. The summed E-state index contributed by atoms with van der Waals surface area (Å²) in [7, 11) is 1.48. The number of alkyl halides is 5. The minimum atomic E-state index is -4.64. The Morgan fingerprint density at radius 1 is 1.23 bits per heavy atom. The molecule has 3 aliphatic rings. The molecule has 0 bridgehead atoms. The van der Waals surface area contributed by atoms with Crippen LogP contribution in [-0.2, 0) is 9.47 Å². The smallest absolute Gasteiger partial charge is 0.416 e. The van der Waals surface area contributed by atoms with E-state index < -0.39 is 23.5 Å². The van der Waals surface area contributed by atoms with Crippen LogP contribution < -0.4 is 0 Å². The Bertz CT molecular complexity index is 1120. The van der Waals surface area contributed by atoms with Crippen LogP contribution in [0.1, 0.15) is 55.5 Å². The molecule has 1 aromatic heterocycles. The number of imidazole rings is 1. The molecule has 1 heterocycles. The third kappa shape index (κ3) is 5.87. The molecule has 1 saturated carbocycles. The highest BCUT2D eigenvalue weighted by Gasteiger charge is 2.47. The van der Waals surface area contributed by atoms with Crippen LogP contribution in [0.5, 0.6) is 0 Å². The van der Waals surface area contributed by atoms with Crippen molar-refractivity contribution < 1.29 is 35.8 Å². The Morgan fingerprint density at radius 2 is 1.97 bits per heavy atom.